The molecule has 0 radical (unpaired) electrons. The minimum absolute atomic E-state index is 0.0209. The van der Waals surface area contributed by atoms with Gasteiger partial charge in [0.25, 0.3) is 0 Å². The van der Waals surface area contributed by atoms with Gasteiger partial charge in [0.1, 0.15) is 23.6 Å². The first-order chi connectivity index (χ1) is 18.1. The fourth-order valence-electron chi connectivity index (χ4n) is 4.86. The number of piperidine rings is 1. The number of benzene rings is 2. The van der Waals surface area contributed by atoms with Crippen molar-refractivity contribution < 1.29 is 36.6 Å². The van der Waals surface area contributed by atoms with E-state index < -0.39 is 40.8 Å². The van der Waals surface area contributed by atoms with Crippen LogP contribution in [-0.2, 0) is 4.79 Å². The van der Waals surface area contributed by atoms with Crippen LogP contribution in [0, 0.1) is 28.7 Å². The summed E-state index contributed by atoms with van der Waals surface area (Å²) in [6, 6.07) is 6.19. The summed E-state index contributed by atoms with van der Waals surface area (Å²) in [5.41, 5.74) is -0.919. The third-order valence-electron chi connectivity index (χ3n) is 7.15. The number of halogens is 5. The summed E-state index contributed by atoms with van der Waals surface area (Å²) in [6.07, 6.45) is -0.414. The number of alkyl halides is 1. The van der Waals surface area contributed by atoms with Crippen LogP contribution in [0.1, 0.15) is 37.4 Å². The highest BCUT2D eigenvalue weighted by Gasteiger charge is 2.42. The molecule has 0 aliphatic carbocycles. The average Bonchev–Trinajstić information content (AvgIpc) is 2.90. The van der Waals surface area contributed by atoms with Crippen molar-refractivity contribution in [2.24, 2.45) is 5.41 Å². The zero-order valence-corrected chi connectivity index (χ0v) is 21.5. The van der Waals surface area contributed by atoms with Crippen LogP contribution in [0.15, 0.2) is 41.4 Å². The van der Waals surface area contributed by atoms with E-state index in [2.05, 4.69) is 4.98 Å². The van der Waals surface area contributed by atoms with E-state index in [1.807, 2.05) is 4.90 Å². The van der Waals surface area contributed by atoms with E-state index in [1.165, 1.54) is 13.2 Å². The summed E-state index contributed by atoms with van der Waals surface area (Å²) in [4.78, 5) is 18.1. The van der Waals surface area contributed by atoms with Gasteiger partial charge in [-0.3, -0.25) is 9.78 Å². The molecule has 0 bridgehead atoms. The van der Waals surface area contributed by atoms with Crippen LogP contribution < -0.4 is 4.74 Å². The van der Waals surface area contributed by atoms with Crippen molar-refractivity contribution in [1.29, 1.82) is 0 Å². The zero-order valence-electron chi connectivity index (χ0n) is 20.7. The summed E-state index contributed by atoms with van der Waals surface area (Å²) in [7, 11) is 1.45. The lowest BCUT2D eigenvalue weighted by atomic mass is 9.74. The van der Waals surface area contributed by atoms with Gasteiger partial charge in [0.2, 0.25) is 0 Å². The number of thioether (sulfide) groups is 1. The standard InChI is InChI=1S/C27H27F5N2O3S/c1-37-17-2-3-22-18(14-17)24(21(31)15-33-22)19(29)4-5-27(26(35)36)6-8-34(9-7-27)10-11-38-23-13-16(28)12-20(30)25(23)32/h2-3,12-15,19H,4-11H2,1H3,(H,35,36). The largest absolute Gasteiger partial charge is 0.497 e. The molecule has 0 spiro atoms. The van der Waals surface area contributed by atoms with Crippen LogP contribution in [0.3, 0.4) is 0 Å². The van der Waals surface area contributed by atoms with E-state index in [-0.39, 0.29) is 41.5 Å². The van der Waals surface area contributed by atoms with Gasteiger partial charge in [0, 0.05) is 34.2 Å². The predicted molar refractivity (Wildman–Crippen MR) is 134 cm³/mol. The Balaban J connectivity index is 1.37. The molecular weight excluding hydrogens is 527 g/mol. The number of carboxylic acids is 1. The van der Waals surface area contributed by atoms with Crippen molar-refractivity contribution in [3.05, 3.63) is 65.4 Å². The number of aromatic nitrogens is 1. The van der Waals surface area contributed by atoms with Crippen LogP contribution in [0.2, 0.25) is 0 Å². The molecule has 5 nitrogen and oxygen atoms in total. The predicted octanol–water partition coefficient (Wildman–Crippen LogP) is 6.55. The number of hydrogen-bond donors (Lipinski definition) is 1. The Morgan fingerprint density at radius 3 is 2.58 bits per heavy atom. The molecule has 0 amide bonds. The van der Waals surface area contributed by atoms with Crippen LogP contribution >= 0.6 is 11.8 Å². The number of nitrogens with zero attached hydrogens (tertiary/aromatic N) is 2. The zero-order chi connectivity index (χ0) is 27.4. The maximum Gasteiger partial charge on any atom is 0.309 e. The number of rotatable bonds is 10. The second-order valence-corrected chi connectivity index (χ2v) is 10.5. The number of likely N-dealkylation sites (tertiary alicyclic amines) is 1. The fraction of sp³-hybridized carbons (Fsp3) is 0.407. The Bertz CT molecular complexity index is 1320. The fourth-order valence-corrected chi connectivity index (χ4v) is 5.85. The quantitative estimate of drug-likeness (QED) is 0.174. The van der Waals surface area contributed by atoms with Gasteiger partial charge >= 0.3 is 5.97 Å². The van der Waals surface area contributed by atoms with Gasteiger partial charge in [-0.1, -0.05) is 0 Å². The number of pyridine rings is 1. The third-order valence-corrected chi connectivity index (χ3v) is 8.14. The van der Waals surface area contributed by atoms with Crippen molar-refractivity contribution in [2.75, 3.05) is 32.5 Å². The third kappa shape index (κ3) is 6.04. The topological polar surface area (TPSA) is 62.7 Å². The summed E-state index contributed by atoms with van der Waals surface area (Å²) < 4.78 is 75.9. The van der Waals surface area contributed by atoms with E-state index in [4.69, 9.17) is 4.74 Å². The second-order valence-electron chi connectivity index (χ2n) is 9.38. The van der Waals surface area contributed by atoms with Crippen LogP contribution in [0.4, 0.5) is 22.0 Å². The molecule has 1 aromatic heterocycles. The molecule has 4 rings (SSSR count). The van der Waals surface area contributed by atoms with Gasteiger partial charge in [0.05, 0.1) is 24.2 Å². The summed E-state index contributed by atoms with van der Waals surface area (Å²) in [5.74, 6) is -4.26. The highest BCUT2D eigenvalue weighted by molar-refractivity contribution is 7.99. The molecule has 1 N–H and O–H groups in total. The van der Waals surface area contributed by atoms with Crippen LogP contribution in [0.25, 0.3) is 10.9 Å². The molecule has 3 aromatic rings. The number of methoxy groups -OCH3 is 1. The van der Waals surface area contributed by atoms with Crippen molar-refractivity contribution in [2.45, 2.75) is 36.8 Å². The Morgan fingerprint density at radius 1 is 1.16 bits per heavy atom. The van der Waals surface area contributed by atoms with E-state index in [1.54, 1.807) is 12.1 Å². The number of carbonyl (C=O) groups is 1. The summed E-state index contributed by atoms with van der Waals surface area (Å²) in [6.45, 7) is 1.28. The molecule has 1 saturated heterocycles. The van der Waals surface area contributed by atoms with E-state index >= 15 is 4.39 Å². The van der Waals surface area contributed by atoms with Crippen molar-refractivity contribution in [3.63, 3.8) is 0 Å². The van der Waals surface area contributed by atoms with Gasteiger partial charge in [-0.25, -0.2) is 22.0 Å². The normalized spacial score (nSPS) is 16.5. The van der Waals surface area contributed by atoms with E-state index in [0.29, 0.717) is 42.7 Å². The Labute approximate surface area is 221 Å². The molecule has 2 heterocycles. The van der Waals surface area contributed by atoms with E-state index in [9.17, 15) is 27.5 Å². The summed E-state index contributed by atoms with van der Waals surface area (Å²) in [5, 5.41) is 10.3. The van der Waals surface area contributed by atoms with Gasteiger partial charge in [-0.2, -0.15) is 0 Å². The lowest BCUT2D eigenvalue weighted by molar-refractivity contribution is -0.153. The van der Waals surface area contributed by atoms with Crippen LogP contribution in [-0.4, -0.2) is 53.5 Å². The molecule has 1 fully saturated rings. The number of fused-ring (bicyclic) bond motifs is 1. The molecular formula is C27H27F5N2O3S. The second kappa shape index (κ2) is 11.9. The first kappa shape index (κ1) is 28.1. The molecule has 0 saturated carbocycles. The minimum atomic E-state index is -1.74. The molecule has 204 valence electrons. The number of ether oxygens (including phenoxy) is 1. The number of carboxylic acid groups (broad SMARTS) is 1. The molecule has 2 aromatic carbocycles. The van der Waals surface area contributed by atoms with Crippen molar-refractivity contribution in [3.8, 4) is 5.75 Å². The van der Waals surface area contributed by atoms with Gasteiger partial charge in [-0.05, 0) is 63.0 Å². The SMILES string of the molecule is COc1ccc2ncc(F)c(C(F)CCC3(C(=O)O)CCN(CCSc4cc(F)cc(F)c4F)CC3)c2c1. The Morgan fingerprint density at radius 2 is 1.89 bits per heavy atom. The maximum absolute atomic E-state index is 15.4. The molecule has 38 heavy (non-hydrogen) atoms. The maximum atomic E-state index is 15.4. The first-order valence-electron chi connectivity index (χ1n) is 12.1. The van der Waals surface area contributed by atoms with Gasteiger partial charge in [0.15, 0.2) is 11.6 Å². The van der Waals surface area contributed by atoms with E-state index in [0.717, 1.165) is 24.0 Å². The minimum Gasteiger partial charge on any atom is -0.497 e. The molecule has 1 aliphatic rings. The molecule has 11 heteroatoms. The lowest BCUT2D eigenvalue weighted by Gasteiger charge is -2.39. The van der Waals surface area contributed by atoms with Gasteiger partial charge < -0.3 is 14.7 Å². The van der Waals surface area contributed by atoms with Crippen LogP contribution in [0.5, 0.6) is 5.75 Å². The first-order valence-corrected chi connectivity index (χ1v) is 13.1. The summed E-state index contributed by atoms with van der Waals surface area (Å²) >= 11 is 0.980. The van der Waals surface area contributed by atoms with Crippen molar-refractivity contribution in [1.82, 2.24) is 9.88 Å². The smallest absolute Gasteiger partial charge is 0.309 e. The number of hydrogen-bond acceptors (Lipinski definition) is 5. The van der Waals surface area contributed by atoms with Gasteiger partial charge in [-0.15, -0.1) is 11.8 Å². The lowest BCUT2D eigenvalue weighted by Crippen LogP contribution is -2.45. The average molecular weight is 555 g/mol. The highest BCUT2D eigenvalue weighted by Crippen LogP contribution is 2.41. The Kier molecular flexibility index (Phi) is 8.77. The molecule has 1 unspecified atom stereocenters. The molecule has 1 atom stereocenters. The van der Waals surface area contributed by atoms with Crippen molar-refractivity contribution >= 4 is 28.6 Å². The highest BCUT2D eigenvalue weighted by atomic mass is 32.2. The Hall–Kier alpha value is -2.92. The number of aliphatic carboxylic acids is 1. The molecule has 1 aliphatic heterocycles. The monoisotopic (exact) mass is 554 g/mol.